The minimum absolute atomic E-state index is 0.213. The van der Waals surface area contributed by atoms with Crippen molar-refractivity contribution in [2.75, 3.05) is 0 Å². The lowest BCUT2D eigenvalue weighted by atomic mass is 10.4. The summed E-state index contributed by atoms with van der Waals surface area (Å²) < 4.78 is 38.8. The molecule has 1 unspecified atom stereocenters. The van der Waals surface area contributed by atoms with E-state index >= 15 is 0 Å². The number of nitrogens with one attached hydrogen (secondary N) is 2. The van der Waals surface area contributed by atoms with Crippen molar-refractivity contribution in [1.29, 1.82) is 0 Å². The van der Waals surface area contributed by atoms with E-state index in [2.05, 4.69) is 27.6 Å². The molecular weight excluding hydrogens is 205 g/mol. The fraction of sp³-hybridized carbons (Fsp3) is 0.500. The predicted octanol–water partition coefficient (Wildman–Crippen LogP) is 1.23. The minimum atomic E-state index is -4.69. The van der Waals surface area contributed by atoms with E-state index in [-0.39, 0.29) is 17.0 Å². The quantitative estimate of drug-likeness (QED) is 0.640. The largest absolute Gasteiger partial charge is 0.574 e. The van der Waals surface area contributed by atoms with Gasteiger partial charge >= 0.3 is 6.36 Å². The fourth-order valence-electron chi connectivity index (χ4n) is 0.849. The smallest absolute Gasteiger partial charge is 0.390 e. The van der Waals surface area contributed by atoms with E-state index < -0.39 is 6.36 Å². The van der Waals surface area contributed by atoms with E-state index in [4.69, 9.17) is 0 Å². The van der Waals surface area contributed by atoms with Gasteiger partial charge in [-0.05, 0) is 6.92 Å². The van der Waals surface area contributed by atoms with Gasteiger partial charge in [0.15, 0.2) is 0 Å². The topological polar surface area (TPSA) is 33.3 Å². The van der Waals surface area contributed by atoms with Crippen molar-refractivity contribution in [3.05, 3.63) is 12.0 Å². The van der Waals surface area contributed by atoms with E-state index in [1.165, 1.54) is 0 Å². The Labute approximate surface area is 77.9 Å². The zero-order chi connectivity index (χ0) is 10.1. The maximum atomic E-state index is 11.7. The van der Waals surface area contributed by atoms with E-state index in [1.54, 1.807) is 6.92 Å². The summed E-state index contributed by atoms with van der Waals surface area (Å²) >= 11 is 4.67. The average molecular weight is 212 g/mol. The van der Waals surface area contributed by atoms with Gasteiger partial charge in [0.25, 0.3) is 0 Å². The molecule has 2 N–H and O–H groups in total. The summed E-state index contributed by atoms with van der Waals surface area (Å²) in [5, 5.41) is 5.12. The number of hydrogen-bond acceptors (Lipinski definition) is 3. The molecule has 74 valence electrons. The van der Waals surface area contributed by atoms with Crippen LogP contribution in [0.2, 0.25) is 0 Å². The molecule has 1 atom stereocenters. The van der Waals surface area contributed by atoms with Crippen molar-refractivity contribution in [2.45, 2.75) is 19.5 Å². The van der Waals surface area contributed by atoms with Crippen LogP contribution in [-0.4, -0.2) is 17.5 Å². The third kappa shape index (κ3) is 3.49. The Kier molecular flexibility index (Phi) is 2.65. The molecule has 1 aliphatic heterocycles. The number of hydrogen-bond donors (Lipinski definition) is 2. The van der Waals surface area contributed by atoms with Gasteiger partial charge in [-0.1, -0.05) is 12.2 Å². The summed E-state index contributed by atoms with van der Waals surface area (Å²) in [4.78, 5) is 0.213. The van der Waals surface area contributed by atoms with Crippen molar-refractivity contribution in [3.63, 3.8) is 0 Å². The molecule has 7 heteroatoms. The predicted molar refractivity (Wildman–Crippen MR) is 43.6 cm³/mol. The van der Waals surface area contributed by atoms with Gasteiger partial charge in [-0.2, -0.15) is 0 Å². The first-order valence-corrected chi connectivity index (χ1v) is 3.82. The van der Waals surface area contributed by atoms with Gasteiger partial charge < -0.3 is 15.4 Å². The van der Waals surface area contributed by atoms with Crippen LogP contribution >= 0.6 is 12.2 Å². The Morgan fingerprint density at radius 1 is 1.46 bits per heavy atom. The molecule has 0 amide bonds. The van der Waals surface area contributed by atoms with Gasteiger partial charge in [-0.25, -0.2) is 0 Å². The van der Waals surface area contributed by atoms with Crippen molar-refractivity contribution >= 4 is 17.2 Å². The van der Waals surface area contributed by atoms with Crippen LogP contribution < -0.4 is 10.6 Å². The molecule has 0 aromatic carbocycles. The van der Waals surface area contributed by atoms with Crippen LogP contribution in [-0.2, 0) is 4.74 Å². The number of thiocarbonyl (C=S) groups is 1. The van der Waals surface area contributed by atoms with E-state index in [0.717, 1.165) is 6.08 Å². The van der Waals surface area contributed by atoms with Crippen LogP contribution in [0.25, 0.3) is 0 Å². The molecule has 0 aromatic rings. The van der Waals surface area contributed by atoms with Gasteiger partial charge in [0.05, 0.1) is 6.17 Å². The van der Waals surface area contributed by atoms with Crippen molar-refractivity contribution in [3.8, 4) is 0 Å². The van der Waals surface area contributed by atoms with Crippen LogP contribution in [0.1, 0.15) is 6.92 Å². The molecule has 13 heavy (non-hydrogen) atoms. The van der Waals surface area contributed by atoms with Gasteiger partial charge in [0, 0.05) is 6.08 Å². The van der Waals surface area contributed by atoms with Crippen LogP contribution in [0, 0.1) is 0 Å². The van der Waals surface area contributed by atoms with Gasteiger partial charge in [0.1, 0.15) is 4.99 Å². The maximum absolute atomic E-state index is 11.7. The van der Waals surface area contributed by atoms with E-state index in [9.17, 15) is 13.2 Å². The first-order valence-electron chi connectivity index (χ1n) is 3.41. The molecule has 0 radical (unpaired) electrons. The highest BCUT2D eigenvalue weighted by molar-refractivity contribution is 7.80. The highest BCUT2D eigenvalue weighted by atomic mass is 32.1. The van der Waals surface area contributed by atoms with Gasteiger partial charge in [-0.3, -0.25) is 0 Å². The third-order valence-corrected chi connectivity index (χ3v) is 1.44. The highest BCUT2D eigenvalue weighted by Crippen LogP contribution is 2.20. The summed E-state index contributed by atoms with van der Waals surface area (Å²) in [6, 6.07) is 0. The molecule has 0 saturated carbocycles. The monoisotopic (exact) mass is 212 g/mol. The summed E-state index contributed by atoms with van der Waals surface area (Å²) in [6.07, 6.45) is -3.98. The molecule has 0 aliphatic carbocycles. The summed E-state index contributed by atoms with van der Waals surface area (Å²) in [5.74, 6) is -0.385. The molecule has 0 bridgehead atoms. The minimum Gasteiger partial charge on any atom is -0.390 e. The second-order valence-corrected chi connectivity index (χ2v) is 2.87. The first-order chi connectivity index (χ1) is 5.87. The van der Waals surface area contributed by atoms with Crippen LogP contribution in [0.5, 0.6) is 0 Å². The summed E-state index contributed by atoms with van der Waals surface area (Å²) in [5.41, 5.74) is 0. The molecule has 1 aliphatic rings. The Balaban J connectivity index is 2.64. The molecule has 1 heterocycles. The third-order valence-electron chi connectivity index (χ3n) is 1.21. The zero-order valence-electron chi connectivity index (χ0n) is 6.61. The van der Waals surface area contributed by atoms with Crippen molar-refractivity contribution in [2.24, 2.45) is 0 Å². The first kappa shape index (κ1) is 10.1. The van der Waals surface area contributed by atoms with Crippen LogP contribution in [0.3, 0.4) is 0 Å². The van der Waals surface area contributed by atoms with Crippen LogP contribution in [0.4, 0.5) is 13.2 Å². The van der Waals surface area contributed by atoms with Gasteiger partial charge in [-0.15, -0.1) is 13.2 Å². The Hall–Kier alpha value is -0.980. The summed E-state index contributed by atoms with van der Waals surface area (Å²) in [6.45, 7) is 1.62. The number of alkyl halides is 3. The molecule has 3 nitrogen and oxygen atoms in total. The lowest BCUT2D eigenvalue weighted by Crippen LogP contribution is -2.46. The SMILES string of the molecule is CC1NC(=S)C=C(OC(F)(F)F)N1. The molecule has 0 aromatic heterocycles. The second-order valence-electron chi connectivity index (χ2n) is 2.43. The number of rotatable bonds is 1. The normalized spacial score (nSPS) is 22.9. The summed E-state index contributed by atoms with van der Waals surface area (Å²) in [7, 11) is 0. The Morgan fingerprint density at radius 3 is 2.54 bits per heavy atom. The Morgan fingerprint density at radius 2 is 2.08 bits per heavy atom. The molecule has 0 fully saturated rings. The highest BCUT2D eigenvalue weighted by Gasteiger charge is 2.33. The maximum Gasteiger partial charge on any atom is 0.574 e. The molecule has 0 saturated heterocycles. The lowest BCUT2D eigenvalue weighted by molar-refractivity contribution is -0.308. The van der Waals surface area contributed by atoms with E-state index in [1.807, 2.05) is 0 Å². The Bertz CT molecular complexity index is 251. The van der Waals surface area contributed by atoms with Crippen LogP contribution in [0.15, 0.2) is 12.0 Å². The number of halogens is 3. The number of ether oxygens (including phenoxy) is 1. The standard InChI is InChI=1S/C6H7F3N2OS/c1-3-10-4(2-5(13)11-3)12-6(7,8)9/h2-3,10H,1H3,(H,11,13). The van der Waals surface area contributed by atoms with Gasteiger partial charge in [0.2, 0.25) is 5.88 Å². The van der Waals surface area contributed by atoms with Crippen molar-refractivity contribution in [1.82, 2.24) is 10.6 Å². The lowest BCUT2D eigenvalue weighted by Gasteiger charge is -2.24. The molecular formula is C6H7F3N2OS. The fourth-order valence-corrected chi connectivity index (χ4v) is 1.13. The molecule has 0 spiro atoms. The zero-order valence-corrected chi connectivity index (χ0v) is 7.42. The average Bonchev–Trinajstić information content (AvgIpc) is 1.78. The second kappa shape index (κ2) is 3.41. The van der Waals surface area contributed by atoms with E-state index in [0.29, 0.717) is 0 Å². The van der Waals surface area contributed by atoms with Crippen molar-refractivity contribution < 1.29 is 17.9 Å². The molecule has 1 rings (SSSR count).